The molecule has 0 saturated heterocycles. The molecule has 2 amide bonds. The summed E-state index contributed by atoms with van der Waals surface area (Å²) < 4.78 is 0. The van der Waals surface area contributed by atoms with Crippen LogP contribution in [-0.4, -0.2) is 24.2 Å². The molecule has 0 atom stereocenters. The molecule has 190 valence electrons. The number of nitrogens with two attached hydrogens (primary N) is 1. The molecular weight excluding hydrogens is 492 g/mol. The van der Waals surface area contributed by atoms with E-state index in [1.165, 1.54) is 23.9 Å². The van der Waals surface area contributed by atoms with E-state index in [1.807, 2.05) is 36.4 Å². The zero-order valence-corrected chi connectivity index (χ0v) is 21.9. The fraction of sp³-hybridized carbons (Fsp3) is 0.129. The number of para-hydroxylation sites is 2. The van der Waals surface area contributed by atoms with Gasteiger partial charge in [-0.2, -0.15) is 4.99 Å². The van der Waals surface area contributed by atoms with Crippen LogP contribution in [0.2, 0.25) is 0 Å². The Balaban J connectivity index is 1.43. The van der Waals surface area contributed by atoms with Crippen LogP contribution in [0.4, 0.5) is 17.1 Å². The second-order valence-corrected chi connectivity index (χ2v) is 10.1. The third-order valence-electron chi connectivity index (χ3n) is 6.29. The van der Waals surface area contributed by atoms with Crippen LogP contribution in [-0.2, 0) is 16.0 Å². The minimum absolute atomic E-state index is 0.115. The summed E-state index contributed by atoms with van der Waals surface area (Å²) in [6.07, 6.45) is 3.81. The van der Waals surface area contributed by atoms with Crippen LogP contribution in [0.5, 0.6) is 0 Å². The summed E-state index contributed by atoms with van der Waals surface area (Å²) in [5, 5.41) is 2.83. The molecule has 0 saturated carbocycles. The predicted molar refractivity (Wildman–Crippen MR) is 157 cm³/mol. The van der Waals surface area contributed by atoms with Crippen molar-refractivity contribution in [1.82, 2.24) is 0 Å². The van der Waals surface area contributed by atoms with E-state index in [4.69, 9.17) is 5.73 Å². The maximum Gasteiger partial charge on any atom is 0.259 e. The highest BCUT2D eigenvalue weighted by Crippen LogP contribution is 2.37. The number of aliphatic imine (C=N–C) groups is 1. The number of anilines is 3. The molecule has 7 heteroatoms. The maximum absolute atomic E-state index is 13.1. The van der Waals surface area contributed by atoms with E-state index >= 15 is 0 Å². The van der Waals surface area contributed by atoms with Gasteiger partial charge in [0.25, 0.3) is 5.91 Å². The average molecular weight is 521 g/mol. The number of nitrogens with one attached hydrogen (secondary N) is 1. The number of thiophene rings is 1. The van der Waals surface area contributed by atoms with Crippen molar-refractivity contribution in [3.63, 3.8) is 0 Å². The molecule has 0 bridgehead atoms. The van der Waals surface area contributed by atoms with E-state index in [0.29, 0.717) is 5.69 Å². The Kier molecular flexibility index (Phi) is 7.47. The van der Waals surface area contributed by atoms with Gasteiger partial charge in [0.05, 0.1) is 5.57 Å². The lowest BCUT2D eigenvalue weighted by molar-refractivity contribution is -0.115. The molecule has 0 spiro atoms. The fourth-order valence-corrected chi connectivity index (χ4v) is 5.51. The highest BCUT2D eigenvalue weighted by Gasteiger charge is 2.20. The van der Waals surface area contributed by atoms with Crippen LogP contribution in [0.25, 0.3) is 16.5 Å². The van der Waals surface area contributed by atoms with Crippen LogP contribution >= 0.6 is 11.3 Å². The first-order valence-corrected chi connectivity index (χ1v) is 13.3. The van der Waals surface area contributed by atoms with E-state index < -0.39 is 11.8 Å². The van der Waals surface area contributed by atoms with Crippen molar-refractivity contribution in [3.05, 3.63) is 107 Å². The number of rotatable bonds is 6. The summed E-state index contributed by atoms with van der Waals surface area (Å²) in [7, 11) is 0. The minimum Gasteiger partial charge on any atom is -0.383 e. The minimum atomic E-state index is -0.466. The van der Waals surface area contributed by atoms with Crippen molar-refractivity contribution in [2.45, 2.75) is 19.8 Å². The Bertz CT molecular complexity index is 1520. The van der Waals surface area contributed by atoms with Crippen LogP contribution < -0.4 is 16.0 Å². The second kappa shape index (κ2) is 11.3. The molecule has 3 aromatic carbocycles. The van der Waals surface area contributed by atoms with Crippen molar-refractivity contribution in [1.29, 1.82) is 0 Å². The summed E-state index contributed by atoms with van der Waals surface area (Å²) in [6.45, 7) is 2.30. The number of amides is 2. The Morgan fingerprint density at radius 2 is 1.71 bits per heavy atom. The van der Waals surface area contributed by atoms with Crippen LogP contribution in [0.15, 0.2) is 102 Å². The second-order valence-electron chi connectivity index (χ2n) is 9.03. The third kappa shape index (κ3) is 5.74. The van der Waals surface area contributed by atoms with Gasteiger partial charge in [-0.3, -0.25) is 9.59 Å². The molecule has 6 nitrogen and oxygen atoms in total. The number of fused-ring (bicyclic) bond motifs is 1. The first-order chi connectivity index (χ1) is 18.5. The van der Waals surface area contributed by atoms with Gasteiger partial charge in [0, 0.05) is 40.3 Å². The van der Waals surface area contributed by atoms with E-state index in [9.17, 15) is 9.59 Å². The average Bonchev–Trinajstić information content (AvgIpc) is 3.40. The third-order valence-corrected chi connectivity index (χ3v) is 7.38. The van der Waals surface area contributed by atoms with E-state index in [2.05, 4.69) is 57.7 Å². The van der Waals surface area contributed by atoms with Crippen molar-refractivity contribution in [3.8, 4) is 10.4 Å². The van der Waals surface area contributed by atoms with Gasteiger partial charge in [-0.05, 0) is 78.6 Å². The van der Waals surface area contributed by atoms with Gasteiger partial charge < -0.3 is 16.0 Å². The Morgan fingerprint density at radius 1 is 0.974 bits per heavy atom. The van der Waals surface area contributed by atoms with Gasteiger partial charge in [0.1, 0.15) is 5.84 Å². The highest BCUT2D eigenvalue weighted by atomic mass is 32.1. The predicted octanol–water partition coefficient (Wildman–Crippen LogP) is 6.43. The van der Waals surface area contributed by atoms with Crippen molar-refractivity contribution in [2.75, 3.05) is 16.8 Å². The number of carbonyl (C=O) groups is 2. The SMILES string of the molecule is CC(=O)N=C(N)/C(=C/c1ccc(-c2ccc3c(c2)CCCN3c2ccccc2)s1)C(=O)Nc1ccccc1. The van der Waals surface area contributed by atoms with Gasteiger partial charge in [0.2, 0.25) is 5.91 Å². The largest absolute Gasteiger partial charge is 0.383 e. The molecule has 1 aliphatic rings. The number of nitrogens with zero attached hydrogens (tertiary/aromatic N) is 2. The quantitative estimate of drug-likeness (QED) is 0.174. The lowest BCUT2D eigenvalue weighted by atomic mass is 9.98. The summed E-state index contributed by atoms with van der Waals surface area (Å²) in [5.74, 6) is -1.01. The molecule has 38 heavy (non-hydrogen) atoms. The molecule has 0 unspecified atom stereocenters. The first kappa shape index (κ1) is 25.2. The first-order valence-electron chi connectivity index (χ1n) is 12.5. The highest BCUT2D eigenvalue weighted by molar-refractivity contribution is 7.16. The van der Waals surface area contributed by atoms with Gasteiger partial charge in [-0.25, -0.2) is 0 Å². The summed E-state index contributed by atoms with van der Waals surface area (Å²) in [4.78, 5) is 32.8. The number of amidine groups is 1. The molecule has 1 aliphatic heterocycles. The number of hydrogen-bond donors (Lipinski definition) is 2. The lowest BCUT2D eigenvalue weighted by Crippen LogP contribution is -2.26. The van der Waals surface area contributed by atoms with Gasteiger partial charge in [-0.15, -0.1) is 11.3 Å². The summed E-state index contributed by atoms with van der Waals surface area (Å²) in [5.41, 5.74) is 11.7. The molecule has 0 aliphatic carbocycles. The van der Waals surface area contributed by atoms with Crippen molar-refractivity contribution >= 4 is 52.1 Å². The van der Waals surface area contributed by atoms with Gasteiger partial charge in [0.15, 0.2) is 0 Å². The zero-order valence-electron chi connectivity index (χ0n) is 21.1. The summed E-state index contributed by atoms with van der Waals surface area (Å²) >= 11 is 1.56. The zero-order chi connectivity index (χ0) is 26.5. The van der Waals surface area contributed by atoms with E-state index in [1.54, 1.807) is 29.5 Å². The lowest BCUT2D eigenvalue weighted by Gasteiger charge is -2.31. The molecule has 1 aromatic heterocycles. The molecule has 0 fully saturated rings. The van der Waals surface area contributed by atoms with Crippen LogP contribution in [0.3, 0.4) is 0 Å². The number of benzene rings is 3. The molecular formula is C31H28N4O2S. The van der Waals surface area contributed by atoms with Gasteiger partial charge >= 0.3 is 0 Å². The Labute approximate surface area is 226 Å². The smallest absolute Gasteiger partial charge is 0.259 e. The topological polar surface area (TPSA) is 87.8 Å². The van der Waals surface area contributed by atoms with E-state index in [-0.39, 0.29) is 11.4 Å². The standard InChI is InChI=1S/C31H28N4O2S/c1-21(36)33-30(32)27(31(37)34-24-10-4-2-5-11-24)20-26-15-17-29(38-26)23-14-16-28-22(19-23)9-8-18-35(28)25-12-6-3-7-13-25/h2-7,10-17,19-20H,8-9,18H2,1H3,(H,34,37)(H2,32,33,36)/b27-20-. The molecule has 5 rings (SSSR count). The number of aryl methyl sites for hydroxylation is 1. The molecule has 3 N–H and O–H groups in total. The monoisotopic (exact) mass is 520 g/mol. The molecule has 2 heterocycles. The van der Waals surface area contributed by atoms with Crippen molar-refractivity contribution < 1.29 is 9.59 Å². The van der Waals surface area contributed by atoms with E-state index in [0.717, 1.165) is 34.7 Å². The van der Waals surface area contributed by atoms with Crippen LogP contribution in [0.1, 0.15) is 23.8 Å². The fourth-order valence-electron chi connectivity index (χ4n) is 4.56. The molecule has 4 aromatic rings. The molecule has 0 radical (unpaired) electrons. The summed E-state index contributed by atoms with van der Waals surface area (Å²) in [6, 6.07) is 30.2. The number of hydrogen-bond acceptors (Lipinski definition) is 4. The Morgan fingerprint density at radius 3 is 2.45 bits per heavy atom. The number of carbonyl (C=O) groups excluding carboxylic acids is 2. The Hall–Kier alpha value is -4.49. The maximum atomic E-state index is 13.1. The van der Waals surface area contributed by atoms with Gasteiger partial charge in [-0.1, -0.05) is 42.5 Å². The van der Waals surface area contributed by atoms with Crippen LogP contribution in [0, 0.1) is 0 Å². The normalized spacial score (nSPS) is 13.7. The van der Waals surface area contributed by atoms with Crippen molar-refractivity contribution in [2.24, 2.45) is 10.7 Å².